The fourth-order valence-electron chi connectivity index (χ4n) is 2.45. The van der Waals surface area contributed by atoms with Crippen molar-refractivity contribution in [3.8, 4) is 5.95 Å². The highest BCUT2D eigenvalue weighted by atomic mass is 16.5. The van der Waals surface area contributed by atoms with Crippen LogP contribution in [0.15, 0.2) is 35.4 Å². The average Bonchev–Trinajstić information content (AvgIpc) is 3.15. The summed E-state index contributed by atoms with van der Waals surface area (Å²) in [7, 11) is 0. The number of carbonyl (C=O) groups excluding carboxylic acids is 1. The first-order valence-electron chi connectivity index (χ1n) is 7.37. The largest absolute Gasteiger partial charge is 0.361 e. The number of nitrogens with zero attached hydrogens (tertiary/aromatic N) is 5. The first-order valence-corrected chi connectivity index (χ1v) is 7.37. The van der Waals surface area contributed by atoms with Crippen LogP contribution in [0.2, 0.25) is 0 Å². The number of amides is 2. The number of urea groups is 1. The summed E-state index contributed by atoms with van der Waals surface area (Å²) in [5.74, 6) is 1.12. The van der Waals surface area contributed by atoms with Gasteiger partial charge in [0.05, 0.1) is 29.8 Å². The summed E-state index contributed by atoms with van der Waals surface area (Å²) in [5.41, 5.74) is 2.17. The fourth-order valence-corrected chi connectivity index (χ4v) is 2.45. The SMILES string of the molecule is Cc1noc(C)c1C(C)NC(=O)Nc1cnn(-c2ncccn2)c1. The zero-order chi connectivity index (χ0) is 17.1. The molecule has 3 aromatic rings. The molecule has 0 radical (unpaired) electrons. The summed E-state index contributed by atoms with van der Waals surface area (Å²) in [6.07, 6.45) is 6.40. The number of nitrogens with one attached hydrogen (secondary N) is 2. The molecule has 0 aliphatic carbocycles. The first kappa shape index (κ1) is 15.7. The minimum Gasteiger partial charge on any atom is -0.361 e. The van der Waals surface area contributed by atoms with E-state index in [9.17, 15) is 4.79 Å². The second-order valence-electron chi connectivity index (χ2n) is 5.28. The van der Waals surface area contributed by atoms with Gasteiger partial charge in [-0.05, 0) is 26.8 Å². The summed E-state index contributed by atoms with van der Waals surface area (Å²) in [6, 6.07) is 1.13. The van der Waals surface area contributed by atoms with Gasteiger partial charge in [-0.1, -0.05) is 5.16 Å². The molecule has 0 saturated heterocycles. The van der Waals surface area contributed by atoms with E-state index in [4.69, 9.17) is 4.52 Å². The maximum absolute atomic E-state index is 12.1. The highest BCUT2D eigenvalue weighted by Crippen LogP contribution is 2.21. The van der Waals surface area contributed by atoms with Crippen LogP contribution < -0.4 is 10.6 Å². The van der Waals surface area contributed by atoms with E-state index >= 15 is 0 Å². The Morgan fingerprint density at radius 2 is 2.04 bits per heavy atom. The third-order valence-electron chi connectivity index (χ3n) is 3.47. The maximum atomic E-state index is 12.1. The van der Waals surface area contributed by atoms with Gasteiger partial charge in [0, 0.05) is 18.0 Å². The van der Waals surface area contributed by atoms with Gasteiger partial charge in [-0.15, -0.1) is 0 Å². The quantitative estimate of drug-likeness (QED) is 0.759. The topological polar surface area (TPSA) is 111 Å². The Labute approximate surface area is 138 Å². The minimum absolute atomic E-state index is 0.233. The van der Waals surface area contributed by atoms with Crippen LogP contribution >= 0.6 is 0 Å². The van der Waals surface area contributed by atoms with Crippen LogP contribution in [0.3, 0.4) is 0 Å². The maximum Gasteiger partial charge on any atom is 0.319 e. The molecule has 0 aliphatic heterocycles. The lowest BCUT2D eigenvalue weighted by Crippen LogP contribution is -2.31. The second kappa shape index (κ2) is 6.49. The molecule has 124 valence electrons. The van der Waals surface area contributed by atoms with Crippen molar-refractivity contribution in [2.75, 3.05) is 5.32 Å². The van der Waals surface area contributed by atoms with Crippen LogP contribution in [-0.2, 0) is 0 Å². The molecule has 2 amide bonds. The van der Waals surface area contributed by atoms with Gasteiger partial charge in [0.15, 0.2) is 0 Å². The number of anilines is 1. The monoisotopic (exact) mass is 327 g/mol. The molecule has 24 heavy (non-hydrogen) atoms. The van der Waals surface area contributed by atoms with Crippen molar-refractivity contribution in [1.29, 1.82) is 0 Å². The van der Waals surface area contributed by atoms with E-state index in [0.717, 1.165) is 11.3 Å². The zero-order valence-corrected chi connectivity index (χ0v) is 13.5. The fraction of sp³-hybridized carbons (Fsp3) is 0.267. The number of hydrogen-bond donors (Lipinski definition) is 2. The third kappa shape index (κ3) is 3.24. The zero-order valence-electron chi connectivity index (χ0n) is 13.5. The molecule has 3 heterocycles. The van der Waals surface area contributed by atoms with E-state index in [-0.39, 0.29) is 12.1 Å². The summed E-state index contributed by atoms with van der Waals surface area (Å²) in [5, 5.41) is 13.6. The molecule has 0 bridgehead atoms. The number of carbonyl (C=O) groups is 1. The summed E-state index contributed by atoms with van der Waals surface area (Å²) >= 11 is 0. The molecule has 9 heteroatoms. The molecule has 3 aromatic heterocycles. The smallest absolute Gasteiger partial charge is 0.319 e. The predicted molar refractivity (Wildman–Crippen MR) is 85.7 cm³/mol. The van der Waals surface area contributed by atoms with Gasteiger partial charge in [-0.25, -0.2) is 19.4 Å². The molecule has 2 N–H and O–H groups in total. The lowest BCUT2D eigenvalue weighted by atomic mass is 10.1. The van der Waals surface area contributed by atoms with Crippen LogP contribution in [0.5, 0.6) is 0 Å². The Bertz CT molecular complexity index is 821. The molecular weight excluding hydrogens is 310 g/mol. The molecule has 0 fully saturated rings. The second-order valence-corrected chi connectivity index (χ2v) is 5.28. The van der Waals surface area contributed by atoms with Crippen LogP contribution in [0, 0.1) is 13.8 Å². The molecular formula is C15H17N7O2. The third-order valence-corrected chi connectivity index (χ3v) is 3.47. The molecule has 1 atom stereocenters. The highest BCUT2D eigenvalue weighted by Gasteiger charge is 2.18. The number of rotatable bonds is 4. The van der Waals surface area contributed by atoms with E-state index in [0.29, 0.717) is 17.4 Å². The Morgan fingerprint density at radius 1 is 1.29 bits per heavy atom. The van der Waals surface area contributed by atoms with E-state index in [2.05, 4.69) is 30.9 Å². The van der Waals surface area contributed by atoms with Gasteiger partial charge < -0.3 is 15.2 Å². The number of aromatic nitrogens is 5. The summed E-state index contributed by atoms with van der Waals surface area (Å²) < 4.78 is 6.60. The Balaban J connectivity index is 1.64. The van der Waals surface area contributed by atoms with Crippen LogP contribution in [-0.4, -0.2) is 30.9 Å². The average molecular weight is 327 g/mol. The molecule has 0 aromatic carbocycles. The van der Waals surface area contributed by atoms with Gasteiger partial charge >= 0.3 is 6.03 Å². The molecule has 9 nitrogen and oxygen atoms in total. The standard InChI is InChI=1S/C15H17N7O2/c1-9(13-10(2)21-24-11(13)3)19-15(23)20-12-7-18-22(8-12)14-16-5-4-6-17-14/h4-9H,1-3H3,(H2,19,20,23). The van der Waals surface area contributed by atoms with Gasteiger partial charge in [-0.2, -0.15) is 5.10 Å². The lowest BCUT2D eigenvalue weighted by molar-refractivity contribution is 0.249. The molecule has 0 spiro atoms. The van der Waals surface area contributed by atoms with Crippen molar-refractivity contribution >= 4 is 11.7 Å². The Morgan fingerprint density at radius 3 is 2.71 bits per heavy atom. The van der Waals surface area contributed by atoms with Crippen molar-refractivity contribution in [3.63, 3.8) is 0 Å². The van der Waals surface area contributed by atoms with E-state index in [1.807, 2.05) is 20.8 Å². The summed E-state index contributed by atoms with van der Waals surface area (Å²) in [4.78, 5) is 20.3. The molecule has 0 aliphatic rings. The van der Waals surface area contributed by atoms with E-state index in [1.54, 1.807) is 24.7 Å². The van der Waals surface area contributed by atoms with Gasteiger partial charge in [-0.3, -0.25) is 0 Å². The molecule has 0 saturated carbocycles. The van der Waals surface area contributed by atoms with Gasteiger partial charge in [0.2, 0.25) is 5.95 Å². The van der Waals surface area contributed by atoms with E-state index < -0.39 is 0 Å². The van der Waals surface area contributed by atoms with Crippen LogP contribution in [0.4, 0.5) is 10.5 Å². The van der Waals surface area contributed by atoms with Crippen molar-refractivity contribution < 1.29 is 9.32 Å². The molecule has 3 rings (SSSR count). The Hall–Kier alpha value is -3.23. The Kier molecular flexibility index (Phi) is 4.23. The van der Waals surface area contributed by atoms with Gasteiger partial charge in [0.1, 0.15) is 5.76 Å². The van der Waals surface area contributed by atoms with Crippen LogP contribution in [0.25, 0.3) is 5.95 Å². The molecule has 1 unspecified atom stereocenters. The highest BCUT2D eigenvalue weighted by molar-refractivity contribution is 5.89. The van der Waals surface area contributed by atoms with E-state index in [1.165, 1.54) is 10.9 Å². The minimum atomic E-state index is -0.351. The normalized spacial score (nSPS) is 12.0. The number of aryl methyl sites for hydroxylation is 2. The van der Waals surface area contributed by atoms with Crippen molar-refractivity contribution in [2.45, 2.75) is 26.8 Å². The van der Waals surface area contributed by atoms with Crippen molar-refractivity contribution in [2.24, 2.45) is 0 Å². The number of hydrogen-bond acceptors (Lipinski definition) is 6. The van der Waals surface area contributed by atoms with Crippen LogP contribution in [0.1, 0.15) is 30.0 Å². The van der Waals surface area contributed by atoms with Crippen molar-refractivity contribution in [1.82, 2.24) is 30.2 Å². The van der Waals surface area contributed by atoms with Crippen molar-refractivity contribution in [3.05, 3.63) is 47.9 Å². The predicted octanol–water partition coefficient (Wildman–Crippen LogP) is 2.15. The summed E-state index contributed by atoms with van der Waals surface area (Å²) in [6.45, 7) is 5.52. The lowest BCUT2D eigenvalue weighted by Gasteiger charge is -2.13. The van der Waals surface area contributed by atoms with Gasteiger partial charge in [0.25, 0.3) is 0 Å². The first-order chi connectivity index (χ1) is 11.5.